The minimum atomic E-state index is 0.0433. The van der Waals surface area contributed by atoms with E-state index in [1.807, 2.05) is 25.2 Å². The summed E-state index contributed by atoms with van der Waals surface area (Å²) in [5.74, 6) is 0. The highest BCUT2D eigenvalue weighted by atomic mass is 16.2. The van der Waals surface area contributed by atoms with E-state index in [4.69, 9.17) is 5.02 Å². The highest BCUT2D eigenvalue weighted by Crippen LogP contribution is 1.86. The molecule has 10 heavy (non-hydrogen) atoms. The maximum absolute atomic E-state index is 8.69. The van der Waals surface area contributed by atoms with Crippen molar-refractivity contribution >= 4 is 13.7 Å². The van der Waals surface area contributed by atoms with E-state index in [0.29, 0.717) is 0 Å². The van der Waals surface area contributed by atoms with Gasteiger partial charge >= 0.3 is 7.48 Å². The van der Waals surface area contributed by atoms with Gasteiger partial charge in [-0.05, 0) is 12.4 Å². The zero-order chi connectivity index (χ0) is 7.82. The van der Waals surface area contributed by atoms with Crippen LogP contribution < -0.4 is 0 Å². The second-order valence-corrected chi connectivity index (χ2v) is 1.81. The summed E-state index contributed by atoms with van der Waals surface area (Å²) in [4.78, 5) is 3.77. The minimum Gasteiger partial charge on any atom is -0.449 e. The zero-order valence-corrected chi connectivity index (χ0v) is 6.41. The maximum atomic E-state index is 8.69. The summed E-state index contributed by atoms with van der Waals surface area (Å²) in [6.07, 6.45) is 7.24. The number of rotatable bonds is 3. The van der Waals surface area contributed by atoms with Crippen LogP contribution in [0.3, 0.4) is 0 Å². The lowest BCUT2D eigenvalue weighted by Gasteiger charge is -1.87. The molecule has 0 fully saturated rings. The third kappa shape index (κ3) is 4.09. The number of allylic oxidation sites excluding steroid dienone is 4. The van der Waals surface area contributed by atoms with E-state index in [9.17, 15) is 0 Å². The molecule has 0 aromatic carbocycles. The fraction of sp³-hybridized carbons (Fsp3) is 0.286. The van der Waals surface area contributed by atoms with Gasteiger partial charge in [-0.1, -0.05) is 18.2 Å². The Hall–Kier alpha value is -0.825. The van der Waals surface area contributed by atoms with Gasteiger partial charge in [-0.15, -0.1) is 0 Å². The van der Waals surface area contributed by atoms with Crippen molar-refractivity contribution in [2.45, 2.75) is 6.92 Å². The summed E-state index contributed by atoms with van der Waals surface area (Å²) in [7, 11) is 1.72. The molecule has 1 N–H and O–H groups in total. The highest BCUT2D eigenvalue weighted by Gasteiger charge is 1.88. The van der Waals surface area contributed by atoms with Crippen molar-refractivity contribution in [1.29, 1.82) is 0 Å². The fourth-order valence-electron chi connectivity index (χ4n) is 0.522. The van der Waals surface area contributed by atoms with E-state index in [-0.39, 0.29) is 7.48 Å². The quantitative estimate of drug-likeness (QED) is 0.342. The molecule has 0 atom stereocenters. The SMILES string of the molecule is C/C=C/C=C(BO)\C=N/C. The molecule has 0 bridgehead atoms. The molecule has 0 unspecified atom stereocenters. The molecule has 0 aromatic heterocycles. The topological polar surface area (TPSA) is 32.6 Å². The van der Waals surface area contributed by atoms with Gasteiger partial charge in [-0.25, -0.2) is 0 Å². The van der Waals surface area contributed by atoms with Crippen molar-refractivity contribution in [2.75, 3.05) is 7.05 Å². The van der Waals surface area contributed by atoms with Crippen molar-refractivity contribution in [3.8, 4) is 0 Å². The van der Waals surface area contributed by atoms with Gasteiger partial charge in [-0.2, -0.15) is 0 Å². The number of aliphatic imine (C=N–C) groups is 1. The Labute approximate surface area is 62.3 Å². The molecule has 0 aliphatic rings. The van der Waals surface area contributed by atoms with Gasteiger partial charge in [0.1, 0.15) is 0 Å². The summed E-state index contributed by atoms with van der Waals surface area (Å²) >= 11 is 0. The zero-order valence-electron chi connectivity index (χ0n) is 6.41. The Kier molecular flexibility index (Phi) is 5.78. The molecule has 0 aliphatic heterocycles. The molecule has 0 rings (SSSR count). The molecule has 0 aliphatic carbocycles. The molecular weight excluding hydrogens is 125 g/mol. The highest BCUT2D eigenvalue weighted by molar-refractivity contribution is 6.44. The lowest BCUT2D eigenvalue weighted by molar-refractivity contribution is 0.613. The molecule has 0 heterocycles. The van der Waals surface area contributed by atoms with Crippen molar-refractivity contribution in [3.05, 3.63) is 23.7 Å². The Balaban J connectivity index is 4.04. The van der Waals surface area contributed by atoms with Crippen LogP contribution in [0.2, 0.25) is 0 Å². The third-order valence-corrected chi connectivity index (χ3v) is 0.980. The number of nitrogens with zero attached hydrogens (tertiary/aromatic N) is 1. The number of hydrogen-bond acceptors (Lipinski definition) is 2. The Morgan fingerprint density at radius 3 is 2.70 bits per heavy atom. The first-order valence-corrected chi connectivity index (χ1v) is 3.20. The van der Waals surface area contributed by atoms with Gasteiger partial charge < -0.3 is 5.02 Å². The van der Waals surface area contributed by atoms with Gasteiger partial charge in [0.15, 0.2) is 0 Å². The summed E-state index contributed by atoms with van der Waals surface area (Å²) in [5, 5.41) is 8.69. The normalized spacial score (nSPS) is 13.3. The molecule has 0 spiro atoms. The number of hydrogen-bond donors (Lipinski definition) is 1. The van der Waals surface area contributed by atoms with Crippen LogP contribution in [0, 0.1) is 0 Å². The Morgan fingerprint density at radius 1 is 1.60 bits per heavy atom. The first-order valence-electron chi connectivity index (χ1n) is 3.20. The van der Waals surface area contributed by atoms with Crippen LogP contribution in [0.5, 0.6) is 0 Å². The van der Waals surface area contributed by atoms with E-state index < -0.39 is 0 Å². The van der Waals surface area contributed by atoms with Crippen LogP contribution in [0.4, 0.5) is 0 Å². The largest absolute Gasteiger partial charge is 0.449 e. The summed E-state index contributed by atoms with van der Waals surface area (Å²) in [6, 6.07) is 0. The van der Waals surface area contributed by atoms with Gasteiger partial charge in [0.25, 0.3) is 0 Å². The molecule has 3 heteroatoms. The molecule has 2 nitrogen and oxygen atoms in total. The fourth-order valence-corrected chi connectivity index (χ4v) is 0.522. The van der Waals surface area contributed by atoms with Crippen molar-refractivity contribution < 1.29 is 5.02 Å². The predicted octanol–water partition coefficient (Wildman–Crippen LogP) is 0.491. The van der Waals surface area contributed by atoms with Gasteiger partial charge in [0.05, 0.1) is 0 Å². The van der Waals surface area contributed by atoms with Gasteiger partial charge in [0, 0.05) is 13.3 Å². The minimum absolute atomic E-state index is 0.0433. The summed E-state index contributed by atoms with van der Waals surface area (Å²) in [6.45, 7) is 1.93. The van der Waals surface area contributed by atoms with Crippen molar-refractivity contribution in [1.82, 2.24) is 0 Å². The molecule has 54 valence electrons. The molecule has 0 aromatic rings. The van der Waals surface area contributed by atoms with E-state index in [1.165, 1.54) is 0 Å². The average Bonchev–Trinajstić information content (AvgIpc) is 1.98. The molecule has 0 amide bonds. The van der Waals surface area contributed by atoms with Crippen LogP contribution in [0.15, 0.2) is 28.7 Å². The summed E-state index contributed by atoms with van der Waals surface area (Å²) < 4.78 is 0. The van der Waals surface area contributed by atoms with E-state index >= 15 is 0 Å². The standard InChI is InChI=1S/C7H12BNO/c1-3-4-5-7(8-10)6-9-2/h3-6,8,10H,1-2H3/b4-3+,7-5+,9-6-. The maximum Gasteiger partial charge on any atom is 0.306 e. The summed E-state index contributed by atoms with van der Waals surface area (Å²) in [5.41, 5.74) is 0.820. The molecular formula is C7H12BNO. The molecule has 0 radical (unpaired) electrons. The van der Waals surface area contributed by atoms with Crippen molar-refractivity contribution in [2.24, 2.45) is 4.99 Å². The van der Waals surface area contributed by atoms with E-state index in [1.54, 1.807) is 13.3 Å². The lowest BCUT2D eigenvalue weighted by Crippen LogP contribution is -1.95. The van der Waals surface area contributed by atoms with E-state index in [2.05, 4.69) is 4.99 Å². The average molecular weight is 137 g/mol. The van der Waals surface area contributed by atoms with E-state index in [0.717, 1.165) is 5.47 Å². The van der Waals surface area contributed by atoms with Gasteiger partial charge in [0.2, 0.25) is 0 Å². The molecule has 0 saturated heterocycles. The Bertz CT molecular complexity index is 161. The van der Waals surface area contributed by atoms with Crippen molar-refractivity contribution in [3.63, 3.8) is 0 Å². The van der Waals surface area contributed by atoms with Crippen LogP contribution >= 0.6 is 0 Å². The Morgan fingerprint density at radius 2 is 2.30 bits per heavy atom. The van der Waals surface area contributed by atoms with Crippen LogP contribution in [0.1, 0.15) is 6.92 Å². The first kappa shape index (κ1) is 9.17. The monoisotopic (exact) mass is 137 g/mol. The first-order chi connectivity index (χ1) is 4.85. The van der Waals surface area contributed by atoms with Crippen LogP contribution in [0.25, 0.3) is 0 Å². The smallest absolute Gasteiger partial charge is 0.306 e. The van der Waals surface area contributed by atoms with Crippen LogP contribution in [-0.2, 0) is 0 Å². The predicted molar refractivity (Wildman–Crippen MR) is 46.7 cm³/mol. The second kappa shape index (κ2) is 6.30. The second-order valence-electron chi connectivity index (χ2n) is 1.81. The van der Waals surface area contributed by atoms with Crippen LogP contribution in [-0.4, -0.2) is 25.8 Å². The lowest BCUT2D eigenvalue weighted by atomic mass is 9.88. The molecule has 0 saturated carbocycles. The van der Waals surface area contributed by atoms with Gasteiger partial charge in [-0.3, -0.25) is 4.99 Å². The third-order valence-electron chi connectivity index (χ3n) is 0.980.